The van der Waals surface area contributed by atoms with Crippen molar-refractivity contribution in [2.45, 2.75) is 13.0 Å². The van der Waals surface area contributed by atoms with Gasteiger partial charge in [-0.3, -0.25) is 14.4 Å². The van der Waals surface area contributed by atoms with E-state index in [9.17, 15) is 14.4 Å². The predicted molar refractivity (Wildman–Crippen MR) is 109 cm³/mol. The summed E-state index contributed by atoms with van der Waals surface area (Å²) < 4.78 is 0. The van der Waals surface area contributed by atoms with E-state index < -0.39 is 11.7 Å². The number of benzene rings is 2. The molecule has 2 heterocycles. The number of amides is 2. The summed E-state index contributed by atoms with van der Waals surface area (Å²) in [6.07, 6.45) is 3.12. The van der Waals surface area contributed by atoms with Gasteiger partial charge >= 0.3 is 0 Å². The molecule has 2 amide bonds. The molecule has 2 aromatic carbocycles. The number of hydrogen-bond acceptors (Lipinski definition) is 5. The maximum atomic E-state index is 12.8. The zero-order valence-electron chi connectivity index (χ0n) is 16.5. The van der Waals surface area contributed by atoms with Gasteiger partial charge in [-0.1, -0.05) is 18.2 Å². The molecule has 1 aliphatic rings. The Balaban J connectivity index is 1.41. The van der Waals surface area contributed by atoms with E-state index in [1.807, 2.05) is 25.1 Å². The molecule has 0 bridgehead atoms. The van der Waals surface area contributed by atoms with Gasteiger partial charge in [0.2, 0.25) is 5.78 Å². The van der Waals surface area contributed by atoms with Gasteiger partial charge in [-0.2, -0.15) is 15.0 Å². The van der Waals surface area contributed by atoms with Gasteiger partial charge in [0.05, 0.1) is 18.1 Å². The summed E-state index contributed by atoms with van der Waals surface area (Å²) in [5.74, 6) is -1.19. The number of Topliss-reactive ketones (excluding diaryl/α,β-unsaturated/α-hetero) is 1. The number of piperazine rings is 1. The van der Waals surface area contributed by atoms with Crippen molar-refractivity contribution >= 4 is 17.6 Å². The molecule has 0 saturated carbocycles. The van der Waals surface area contributed by atoms with Crippen LogP contribution < -0.4 is 0 Å². The highest BCUT2D eigenvalue weighted by atomic mass is 16.2. The van der Waals surface area contributed by atoms with Crippen molar-refractivity contribution in [3.63, 3.8) is 0 Å². The smallest absolute Gasteiger partial charge is 0.295 e. The van der Waals surface area contributed by atoms with Crippen molar-refractivity contribution in [2.24, 2.45) is 0 Å². The molecule has 8 heteroatoms. The van der Waals surface area contributed by atoms with Gasteiger partial charge in [-0.05, 0) is 43.3 Å². The molecular formula is C22H21N5O3. The Bertz CT molecular complexity index is 1050. The molecule has 8 nitrogen and oxygen atoms in total. The fourth-order valence-electron chi connectivity index (χ4n) is 3.56. The normalized spacial score (nSPS) is 16.4. The standard InChI is InChI=1S/C22H21N5O3/c1-16-15-25(21(29)18-5-3-2-4-6-18)13-14-26(16)22(30)20(28)17-7-9-19(10-8-17)27-23-11-12-24-27/h2-12,16H,13-15H2,1H3. The van der Waals surface area contributed by atoms with E-state index in [1.54, 1.807) is 58.6 Å². The van der Waals surface area contributed by atoms with Gasteiger partial charge < -0.3 is 9.80 Å². The third-order valence-corrected chi connectivity index (χ3v) is 5.17. The fraction of sp³-hybridized carbons (Fsp3) is 0.227. The van der Waals surface area contributed by atoms with Crippen LogP contribution in [0.1, 0.15) is 27.6 Å². The maximum Gasteiger partial charge on any atom is 0.295 e. The minimum absolute atomic E-state index is 0.0660. The number of ketones is 1. The predicted octanol–water partition coefficient (Wildman–Crippen LogP) is 1.82. The fourth-order valence-corrected chi connectivity index (χ4v) is 3.56. The second-order valence-electron chi connectivity index (χ2n) is 7.16. The molecule has 1 fully saturated rings. The zero-order chi connectivity index (χ0) is 21.1. The molecule has 1 atom stereocenters. The first kappa shape index (κ1) is 19.5. The summed E-state index contributed by atoms with van der Waals surface area (Å²) in [7, 11) is 0. The zero-order valence-corrected chi connectivity index (χ0v) is 16.5. The van der Waals surface area contributed by atoms with E-state index in [1.165, 1.54) is 4.80 Å². The Morgan fingerprint density at radius 1 is 0.867 bits per heavy atom. The first-order chi connectivity index (χ1) is 14.5. The third-order valence-electron chi connectivity index (χ3n) is 5.17. The summed E-state index contributed by atoms with van der Waals surface area (Å²) >= 11 is 0. The third kappa shape index (κ3) is 3.84. The van der Waals surface area contributed by atoms with E-state index in [4.69, 9.17) is 0 Å². The van der Waals surface area contributed by atoms with E-state index in [0.29, 0.717) is 36.4 Å². The lowest BCUT2D eigenvalue weighted by Gasteiger charge is -2.39. The van der Waals surface area contributed by atoms with Crippen molar-refractivity contribution in [2.75, 3.05) is 19.6 Å². The van der Waals surface area contributed by atoms with E-state index in [0.717, 1.165) is 0 Å². The van der Waals surface area contributed by atoms with Crippen molar-refractivity contribution in [3.8, 4) is 5.69 Å². The van der Waals surface area contributed by atoms with Gasteiger partial charge in [0.25, 0.3) is 11.8 Å². The average molecular weight is 403 g/mol. The van der Waals surface area contributed by atoms with Gasteiger partial charge in [0.1, 0.15) is 0 Å². The van der Waals surface area contributed by atoms with Crippen LogP contribution in [0.3, 0.4) is 0 Å². The quantitative estimate of drug-likeness (QED) is 0.490. The Morgan fingerprint density at radius 2 is 1.53 bits per heavy atom. The van der Waals surface area contributed by atoms with E-state index in [-0.39, 0.29) is 11.9 Å². The molecular weight excluding hydrogens is 382 g/mol. The van der Waals surface area contributed by atoms with Crippen LogP contribution in [0.4, 0.5) is 0 Å². The Hall–Kier alpha value is -3.81. The highest BCUT2D eigenvalue weighted by Gasteiger charge is 2.33. The number of carbonyl (C=O) groups is 3. The van der Waals surface area contributed by atoms with Crippen LogP contribution in [-0.4, -0.2) is 68.1 Å². The monoisotopic (exact) mass is 403 g/mol. The van der Waals surface area contributed by atoms with Gasteiger partial charge in [0.15, 0.2) is 0 Å². The lowest BCUT2D eigenvalue weighted by molar-refractivity contribution is -0.130. The molecule has 0 spiro atoms. The first-order valence-corrected chi connectivity index (χ1v) is 9.71. The summed E-state index contributed by atoms with van der Waals surface area (Å²) in [5, 5.41) is 8.07. The van der Waals surface area contributed by atoms with Crippen LogP contribution in [0.15, 0.2) is 67.0 Å². The molecule has 1 unspecified atom stereocenters. The van der Waals surface area contributed by atoms with Crippen molar-refractivity contribution in [1.29, 1.82) is 0 Å². The second kappa shape index (κ2) is 8.28. The summed E-state index contributed by atoms with van der Waals surface area (Å²) in [4.78, 5) is 42.9. The number of aromatic nitrogens is 3. The molecule has 0 aliphatic carbocycles. The van der Waals surface area contributed by atoms with Crippen LogP contribution in [0, 0.1) is 0 Å². The second-order valence-corrected chi connectivity index (χ2v) is 7.16. The summed E-state index contributed by atoms with van der Waals surface area (Å²) in [5.41, 5.74) is 1.63. The average Bonchev–Trinajstić information content (AvgIpc) is 3.33. The molecule has 3 aromatic rings. The topological polar surface area (TPSA) is 88.4 Å². The van der Waals surface area contributed by atoms with Crippen LogP contribution in [-0.2, 0) is 4.79 Å². The molecule has 1 aliphatic heterocycles. The SMILES string of the molecule is CC1CN(C(=O)c2ccccc2)CCN1C(=O)C(=O)c1ccc(-n2nccn2)cc1. The summed E-state index contributed by atoms with van der Waals surface area (Å²) in [6.45, 7) is 2.94. The number of rotatable bonds is 4. The molecule has 1 aromatic heterocycles. The summed E-state index contributed by atoms with van der Waals surface area (Å²) in [6, 6.07) is 15.4. The van der Waals surface area contributed by atoms with Gasteiger partial charge in [-0.15, -0.1) is 0 Å². The Morgan fingerprint density at radius 3 is 2.17 bits per heavy atom. The van der Waals surface area contributed by atoms with Crippen molar-refractivity contribution in [3.05, 3.63) is 78.1 Å². The van der Waals surface area contributed by atoms with Crippen molar-refractivity contribution in [1.82, 2.24) is 24.8 Å². The van der Waals surface area contributed by atoms with Crippen LogP contribution >= 0.6 is 0 Å². The molecule has 0 N–H and O–H groups in total. The lowest BCUT2D eigenvalue weighted by Crippen LogP contribution is -2.56. The van der Waals surface area contributed by atoms with Gasteiger partial charge in [-0.25, -0.2) is 0 Å². The Labute approximate surface area is 173 Å². The number of hydrogen-bond donors (Lipinski definition) is 0. The van der Waals surface area contributed by atoms with Crippen LogP contribution in [0.25, 0.3) is 5.69 Å². The molecule has 4 rings (SSSR count). The highest BCUT2D eigenvalue weighted by Crippen LogP contribution is 2.16. The maximum absolute atomic E-state index is 12.8. The minimum atomic E-state index is -0.565. The first-order valence-electron chi connectivity index (χ1n) is 9.71. The molecule has 0 radical (unpaired) electrons. The van der Waals surface area contributed by atoms with Crippen molar-refractivity contribution < 1.29 is 14.4 Å². The van der Waals surface area contributed by atoms with Crippen LogP contribution in [0.5, 0.6) is 0 Å². The van der Waals surface area contributed by atoms with Gasteiger partial charge in [0, 0.05) is 36.8 Å². The number of nitrogens with zero attached hydrogens (tertiary/aromatic N) is 5. The lowest BCUT2D eigenvalue weighted by atomic mass is 10.1. The van der Waals surface area contributed by atoms with Crippen LogP contribution in [0.2, 0.25) is 0 Å². The van der Waals surface area contributed by atoms with E-state index >= 15 is 0 Å². The molecule has 30 heavy (non-hydrogen) atoms. The van der Waals surface area contributed by atoms with E-state index in [2.05, 4.69) is 10.2 Å². The number of carbonyl (C=O) groups excluding carboxylic acids is 3. The molecule has 152 valence electrons. The molecule has 1 saturated heterocycles. The highest BCUT2D eigenvalue weighted by molar-refractivity contribution is 6.42. The Kier molecular flexibility index (Phi) is 5.38. The largest absolute Gasteiger partial charge is 0.335 e. The minimum Gasteiger partial charge on any atom is -0.335 e.